The summed E-state index contributed by atoms with van der Waals surface area (Å²) in [5.41, 5.74) is 0.690. The summed E-state index contributed by atoms with van der Waals surface area (Å²) in [6.45, 7) is 3.77. The van der Waals surface area contributed by atoms with E-state index in [4.69, 9.17) is 9.47 Å². The molecule has 0 bridgehead atoms. The molecule has 0 aromatic heterocycles. The van der Waals surface area contributed by atoms with E-state index in [2.05, 4.69) is 27.3 Å². The highest BCUT2D eigenvalue weighted by molar-refractivity contribution is 14.1. The van der Waals surface area contributed by atoms with Crippen LogP contribution in [0.15, 0.2) is 17.0 Å². The Morgan fingerprint density at radius 2 is 2.04 bits per heavy atom. The van der Waals surface area contributed by atoms with Gasteiger partial charge in [-0.2, -0.15) is 0 Å². The maximum absolute atomic E-state index is 12.6. The normalized spacial score (nSPS) is 16.8. The molecule has 1 heterocycles. The standard InChI is InChI=1S/C17H18INO6S/c1-5-25-12-7-10(6-11(18)14(12)23-3)8-13-15(20)19(17(22)26-13)9(2)16(21)24-4/h6-9H,5H2,1-4H3. The third-order valence-corrected chi connectivity index (χ3v) is 5.27. The summed E-state index contributed by atoms with van der Waals surface area (Å²) >= 11 is 2.90. The molecule has 0 spiro atoms. The molecule has 0 aliphatic carbocycles. The van der Waals surface area contributed by atoms with Crippen LogP contribution in [-0.4, -0.2) is 48.9 Å². The number of esters is 1. The lowest BCUT2D eigenvalue weighted by Crippen LogP contribution is -2.42. The van der Waals surface area contributed by atoms with Crippen molar-refractivity contribution in [2.24, 2.45) is 0 Å². The van der Waals surface area contributed by atoms with Crippen LogP contribution in [0.2, 0.25) is 0 Å². The first kappa shape index (κ1) is 20.6. The van der Waals surface area contributed by atoms with E-state index in [-0.39, 0.29) is 4.91 Å². The fraction of sp³-hybridized carbons (Fsp3) is 0.353. The maximum Gasteiger partial charge on any atom is 0.328 e. The lowest BCUT2D eigenvalue weighted by atomic mass is 10.1. The predicted molar refractivity (Wildman–Crippen MR) is 106 cm³/mol. The number of hydrogen-bond donors (Lipinski definition) is 0. The Morgan fingerprint density at radius 1 is 1.35 bits per heavy atom. The molecule has 1 aromatic rings. The molecular formula is C17H18INO6S. The van der Waals surface area contributed by atoms with Crippen molar-refractivity contribution in [3.8, 4) is 11.5 Å². The highest BCUT2D eigenvalue weighted by Crippen LogP contribution is 2.37. The van der Waals surface area contributed by atoms with Crippen molar-refractivity contribution in [2.45, 2.75) is 19.9 Å². The quantitative estimate of drug-likeness (QED) is 0.343. The van der Waals surface area contributed by atoms with Gasteiger partial charge in [0.05, 0.1) is 29.3 Å². The number of amides is 2. The van der Waals surface area contributed by atoms with Gasteiger partial charge in [-0.05, 0) is 72.0 Å². The minimum atomic E-state index is -0.978. The first-order chi connectivity index (χ1) is 12.3. The van der Waals surface area contributed by atoms with Gasteiger partial charge in [0.1, 0.15) is 6.04 Å². The molecule has 0 saturated carbocycles. The molecular weight excluding hydrogens is 473 g/mol. The van der Waals surface area contributed by atoms with E-state index < -0.39 is 23.2 Å². The molecule has 1 fully saturated rings. The second-order valence-electron chi connectivity index (χ2n) is 5.22. The fourth-order valence-electron chi connectivity index (χ4n) is 2.37. The summed E-state index contributed by atoms with van der Waals surface area (Å²) in [5, 5.41) is -0.507. The molecule has 140 valence electrons. The number of nitrogens with zero attached hydrogens (tertiary/aromatic N) is 1. The number of rotatable bonds is 6. The van der Waals surface area contributed by atoms with E-state index in [1.54, 1.807) is 19.3 Å². The zero-order valence-electron chi connectivity index (χ0n) is 14.7. The third kappa shape index (κ3) is 4.14. The Kier molecular flexibility index (Phi) is 6.93. The van der Waals surface area contributed by atoms with Crippen molar-refractivity contribution >= 4 is 57.5 Å². The highest BCUT2D eigenvalue weighted by Gasteiger charge is 2.41. The van der Waals surface area contributed by atoms with Gasteiger partial charge < -0.3 is 14.2 Å². The summed E-state index contributed by atoms with van der Waals surface area (Å²) in [6, 6.07) is 2.58. The summed E-state index contributed by atoms with van der Waals surface area (Å²) in [7, 11) is 2.77. The van der Waals surface area contributed by atoms with Crippen LogP contribution in [-0.2, 0) is 14.3 Å². The average Bonchev–Trinajstić information content (AvgIpc) is 2.87. The molecule has 2 amide bonds. The number of carbonyl (C=O) groups excluding carboxylic acids is 3. The number of halogens is 1. The second-order valence-corrected chi connectivity index (χ2v) is 7.37. The van der Waals surface area contributed by atoms with Crippen LogP contribution in [0.1, 0.15) is 19.4 Å². The molecule has 9 heteroatoms. The first-order valence-electron chi connectivity index (χ1n) is 7.69. The van der Waals surface area contributed by atoms with Gasteiger partial charge in [-0.15, -0.1) is 0 Å². The van der Waals surface area contributed by atoms with E-state index in [9.17, 15) is 14.4 Å². The Morgan fingerprint density at radius 3 is 2.62 bits per heavy atom. The van der Waals surface area contributed by atoms with Crippen molar-refractivity contribution in [1.29, 1.82) is 0 Å². The number of imide groups is 1. The third-order valence-electron chi connectivity index (χ3n) is 3.59. The minimum Gasteiger partial charge on any atom is -0.492 e. The van der Waals surface area contributed by atoms with Crippen LogP contribution in [0, 0.1) is 3.57 Å². The van der Waals surface area contributed by atoms with Gasteiger partial charge in [0.25, 0.3) is 11.1 Å². The van der Waals surface area contributed by atoms with Crippen LogP contribution >= 0.6 is 34.4 Å². The number of hydrogen-bond acceptors (Lipinski definition) is 7. The Balaban J connectivity index is 2.37. The van der Waals surface area contributed by atoms with Gasteiger partial charge in [0.15, 0.2) is 11.5 Å². The minimum absolute atomic E-state index is 0.231. The van der Waals surface area contributed by atoms with E-state index >= 15 is 0 Å². The zero-order chi connectivity index (χ0) is 19.4. The molecule has 1 aliphatic heterocycles. The maximum atomic E-state index is 12.6. The van der Waals surface area contributed by atoms with Gasteiger partial charge in [-0.25, -0.2) is 4.79 Å². The van der Waals surface area contributed by atoms with Crippen molar-refractivity contribution in [2.75, 3.05) is 20.8 Å². The predicted octanol–water partition coefficient (Wildman–Crippen LogP) is 3.30. The van der Waals surface area contributed by atoms with E-state index in [0.717, 1.165) is 20.2 Å². The van der Waals surface area contributed by atoms with Crippen molar-refractivity contribution < 1.29 is 28.6 Å². The van der Waals surface area contributed by atoms with Crippen LogP contribution in [0.4, 0.5) is 4.79 Å². The van der Waals surface area contributed by atoms with Gasteiger partial charge in [0, 0.05) is 0 Å². The molecule has 0 N–H and O–H groups in total. The average molecular weight is 491 g/mol. The van der Waals surface area contributed by atoms with Crippen LogP contribution in [0.3, 0.4) is 0 Å². The van der Waals surface area contributed by atoms with Crippen LogP contribution in [0.25, 0.3) is 6.08 Å². The molecule has 26 heavy (non-hydrogen) atoms. The molecule has 1 aliphatic rings. The highest BCUT2D eigenvalue weighted by atomic mass is 127. The molecule has 1 atom stereocenters. The Bertz CT molecular complexity index is 779. The monoisotopic (exact) mass is 491 g/mol. The first-order valence-corrected chi connectivity index (χ1v) is 9.58. The zero-order valence-corrected chi connectivity index (χ0v) is 17.7. The Labute approximate surface area is 169 Å². The molecule has 2 rings (SSSR count). The SMILES string of the molecule is CCOc1cc(C=C2SC(=O)N(C(C)C(=O)OC)C2=O)cc(I)c1OC. The molecule has 1 unspecified atom stereocenters. The van der Waals surface area contributed by atoms with Crippen molar-refractivity contribution in [1.82, 2.24) is 4.90 Å². The van der Waals surface area contributed by atoms with Gasteiger partial charge in [-0.1, -0.05) is 0 Å². The topological polar surface area (TPSA) is 82.1 Å². The van der Waals surface area contributed by atoms with Gasteiger partial charge in [0.2, 0.25) is 0 Å². The molecule has 1 aromatic carbocycles. The second kappa shape index (κ2) is 8.76. The fourth-order valence-corrected chi connectivity index (χ4v) is 4.13. The van der Waals surface area contributed by atoms with Crippen molar-refractivity contribution in [3.05, 3.63) is 26.2 Å². The van der Waals surface area contributed by atoms with E-state index in [0.29, 0.717) is 23.7 Å². The van der Waals surface area contributed by atoms with Gasteiger partial charge in [-0.3, -0.25) is 14.5 Å². The number of benzene rings is 1. The number of thioether (sulfide) groups is 1. The van der Waals surface area contributed by atoms with Crippen LogP contribution < -0.4 is 9.47 Å². The van der Waals surface area contributed by atoms with Crippen LogP contribution in [0.5, 0.6) is 11.5 Å². The molecule has 1 saturated heterocycles. The number of methoxy groups -OCH3 is 2. The smallest absolute Gasteiger partial charge is 0.328 e. The van der Waals surface area contributed by atoms with Crippen molar-refractivity contribution in [3.63, 3.8) is 0 Å². The van der Waals surface area contributed by atoms with E-state index in [1.807, 2.05) is 13.0 Å². The largest absolute Gasteiger partial charge is 0.492 e. The lowest BCUT2D eigenvalue weighted by Gasteiger charge is -2.18. The summed E-state index contributed by atoms with van der Waals surface area (Å²) < 4.78 is 16.3. The summed E-state index contributed by atoms with van der Waals surface area (Å²) in [6.07, 6.45) is 1.60. The number of carbonyl (C=O) groups is 3. The summed E-state index contributed by atoms with van der Waals surface area (Å²) in [4.78, 5) is 37.5. The lowest BCUT2D eigenvalue weighted by molar-refractivity contribution is -0.148. The summed E-state index contributed by atoms with van der Waals surface area (Å²) in [5.74, 6) is -0.0137. The molecule has 7 nitrogen and oxygen atoms in total. The van der Waals surface area contributed by atoms with E-state index in [1.165, 1.54) is 14.0 Å². The Hall–Kier alpha value is -1.75. The number of ether oxygens (including phenoxy) is 3. The van der Waals surface area contributed by atoms with Gasteiger partial charge >= 0.3 is 5.97 Å². The molecule has 0 radical (unpaired) electrons.